The molecule has 0 saturated carbocycles. The lowest BCUT2D eigenvalue weighted by atomic mass is 10.1. The predicted molar refractivity (Wildman–Crippen MR) is 89.1 cm³/mol. The van der Waals surface area contributed by atoms with Gasteiger partial charge in [0.25, 0.3) is 0 Å². The zero-order valence-corrected chi connectivity index (χ0v) is 13.7. The zero-order chi connectivity index (χ0) is 15.8. The molecule has 0 fully saturated rings. The van der Waals surface area contributed by atoms with Crippen LogP contribution in [0, 0.1) is 5.92 Å². The van der Waals surface area contributed by atoms with Crippen molar-refractivity contribution in [3.63, 3.8) is 0 Å². The van der Waals surface area contributed by atoms with Gasteiger partial charge in [-0.3, -0.25) is 4.79 Å². The highest BCUT2D eigenvalue weighted by Crippen LogP contribution is 2.15. The fourth-order valence-electron chi connectivity index (χ4n) is 2.23. The Morgan fingerprint density at radius 2 is 1.95 bits per heavy atom. The molecule has 1 unspecified atom stereocenters. The third kappa shape index (κ3) is 5.86. The normalized spacial score (nSPS) is 12.7. The van der Waals surface area contributed by atoms with Crippen LogP contribution in [0.4, 0.5) is 5.69 Å². The van der Waals surface area contributed by atoms with Crippen LogP contribution < -0.4 is 11.1 Å². The largest absolute Gasteiger partial charge is 0.326 e. The van der Waals surface area contributed by atoms with Gasteiger partial charge in [-0.1, -0.05) is 32.0 Å². The van der Waals surface area contributed by atoms with Gasteiger partial charge >= 0.3 is 0 Å². The van der Waals surface area contributed by atoms with E-state index in [4.69, 9.17) is 5.73 Å². The first kappa shape index (κ1) is 17.7. The third-order valence-electron chi connectivity index (χ3n) is 4.09. The second kappa shape index (κ2) is 8.80. The van der Waals surface area contributed by atoms with Crippen LogP contribution in [0.25, 0.3) is 0 Å². The van der Waals surface area contributed by atoms with Gasteiger partial charge in [0.05, 0.1) is 0 Å². The number of para-hydroxylation sites is 1. The monoisotopic (exact) mass is 291 g/mol. The summed E-state index contributed by atoms with van der Waals surface area (Å²) in [5.41, 5.74) is 7.47. The Balaban J connectivity index is 2.38. The number of nitrogens with two attached hydrogens (primary N) is 1. The third-order valence-corrected chi connectivity index (χ3v) is 4.09. The first-order valence-corrected chi connectivity index (χ1v) is 7.73. The molecule has 1 aromatic rings. The minimum absolute atomic E-state index is 0.0569. The second-order valence-electron chi connectivity index (χ2n) is 5.98. The Morgan fingerprint density at radius 3 is 2.57 bits per heavy atom. The molecule has 0 aliphatic carbocycles. The number of amides is 1. The van der Waals surface area contributed by atoms with Crippen LogP contribution in [0.2, 0.25) is 0 Å². The van der Waals surface area contributed by atoms with Gasteiger partial charge in [0, 0.05) is 24.7 Å². The molecule has 1 amide bonds. The van der Waals surface area contributed by atoms with Crippen LogP contribution in [-0.2, 0) is 11.3 Å². The Morgan fingerprint density at radius 1 is 1.29 bits per heavy atom. The van der Waals surface area contributed by atoms with Gasteiger partial charge in [-0.25, -0.2) is 0 Å². The number of carbonyl (C=O) groups excluding carboxylic acids is 1. The second-order valence-corrected chi connectivity index (χ2v) is 5.98. The Kier molecular flexibility index (Phi) is 7.40. The van der Waals surface area contributed by atoms with Gasteiger partial charge in [0.2, 0.25) is 5.91 Å². The van der Waals surface area contributed by atoms with Crippen molar-refractivity contribution in [3.8, 4) is 0 Å². The first-order valence-electron chi connectivity index (χ1n) is 7.73. The molecule has 0 saturated heterocycles. The minimum Gasteiger partial charge on any atom is -0.326 e. The molecule has 3 N–H and O–H groups in total. The predicted octanol–water partition coefficient (Wildman–Crippen LogP) is 2.84. The van der Waals surface area contributed by atoms with Crippen LogP contribution in [-0.4, -0.2) is 30.4 Å². The summed E-state index contributed by atoms with van der Waals surface area (Å²) in [5, 5.41) is 2.95. The number of anilines is 1. The van der Waals surface area contributed by atoms with E-state index in [0.717, 1.165) is 24.2 Å². The highest BCUT2D eigenvalue weighted by molar-refractivity contribution is 5.91. The molecule has 4 heteroatoms. The zero-order valence-electron chi connectivity index (χ0n) is 13.7. The highest BCUT2D eigenvalue weighted by atomic mass is 16.1. The minimum atomic E-state index is 0.0569. The smallest absolute Gasteiger partial charge is 0.224 e. The molecule has 0 heterocycles. The number of nitrogens with zero attached hydrogens (tertiary/aromatic N) is 1. The van der Waals surface area contributed by atoms with Crippen molar-refractivity contribution < 1.29 is 4.79 Å². The summed E-state index contributed by atoms with van der Waals surface area (Å²) < 4.78 is 0. The quantitative estimate of drug-likeness (QED) is 0.774. The summed E-state index contributed by atoms with van der Waals surface area (Å²) in [6, 6.07) is 8.21. The molecule has 21 heavy (non-hydrogen) atoms. The van der Waals surface area contributed by atoms with Crippen LogP contribution in [0.15, 0.2) is 24.3 Å². The fraction of sp³-hybridized carbons (Fsp3) is 0.588. The number of carbonyl (C=O) groups is 1. The van der Waals surface area contributed by atoms with E-state index in [1.54, 1.807) is 0 Å². The van der Waals surface area contributed by atoms with E-state index in [1.165, 1.54) is 0 Å². The molecule has 0 bridgehead atoms. The van der Waals surface area contributed by atoms with Crippen molar-refractivity contribution in [2.75, 3.05) is 18.9 Å². The average Bonchev–Trinajstić information content (AvgIpc) is 2.46. The topological polar surface area (TPSA) is 58.4 Å². The van der Waals surface area contributed by atoms with E-state index in [-0.39, 0.29) is 5.91 Å². The van der Waals surface area contributed by atoms with Crippen molar-refractivity contribution in [1.29, 1.82) is 0 Å². The maximum Gasteiger partial charge on any atom is 0.224 e. The van der Waals surface area contributed by atoms with Gasteiger partial charge < -0.3 is 16.0 Å². The summed E-state index contributed by atoms with van der Waals surface area (Å²) in [6.45, 7) is 8.04. The molecule has 0 aromatic heterocycles. The van der Waals surface area contributed by atoms with Gasteiger partial charge in [-0.05, 0) is 44.5 Å². The Hall–Kier alpha value is -1.39. The highest BCUT2D eigenvalue weighted by Gasteiger charge is 2.13. The molecule has 0 radical (unpaired) electrons. The van der Waals surface area contributed by atoms with E-state index < -0.39 is 0 Å². The summed E-state index contributed by atoms with van der Waals surface area (Å²) in [5.74, 6) is 0.682. The van der Waals surface area contributed by atoms with E-state index in [9.17, 15) is 4.79 Å². The molecule has 0 aliphatic rings. The SMILES string of the molecule is CC(C)C(C)N(C)CCCC(=O)Nc1ccccc1CN. The lowest BCUT2D eigenvalue weighted by Gasteiger charge is -2.27. The summed E-state index contributed by atoms with van der Waals surface area (Å²) in [7, 11) is 2.12. The summed E-state index contributed by atoms with van der Waals surface area (Å²) in [4.78, 5) is 14.3. The lowest BCUT2D eigenvalue weighted by Crippen LogP contribution is -2.34. The van der Waals surface area contributed by atoms with Gasteiger partial charge in [-0.2, -0.15) is 0 Å². The number of benzene rings is 1. The van der Waals surface area contributed by atoms with E-state index in [2.05, 4.69) is 38.0 Å². The standard InChI is InChI=1S/C17H29N3O/c1-13(2)14(3)20(4)11-7-10-17(21)19-16-9-6-5-8-15(16)12-18/h5-6,8-9,13-14H,7,10-12,18H2,1-4H3,(H,19,21). The van der Waals surface area contributed by atoms with Crippen LogP contribution in [0.5, 0.6) is 0 Å². The Bertz CT molecular complexity index is 445. The van der Waals surface area contributed by atoms with E-state index in [0.29, 0.717) is 24.9 Å². The molecule has 1 atom stereocenters. The summed E-state index contributed by atoms with van der Waals surface area (Å²) >= 11 is 0. The number of rotatable bonds is 8. The van der Waals surface area contributed by atoms with Crippen molar-refractivity contribution in [3.05, 3.63) is 29.8 Å². The fourth-order valence-corrected chi connectivity index (χ4v) is 2.23. The van der Waals surface area contributed by atoms with E-state index in [1.807, 2.05) is 24.3 Å². The van der Waals surface area contributed by atoms with Crippen molar-refractivity contribution in [1.82, 2.24) is 4.90 Å². The van der Waals surface area contributed by atoms with Crippen molar-refractivity contribution in [2.24, 2.45) is 11.7 Å². The molecule has 0 aliphatic heterocycles. The molecule has 0 spiro atoms. The van der Waals surface area contributed by atoms with Gasteiger partial charge in [-0.15, -0.1) is 0 Å². The van der Waals surface area contributed by atoms with Gasteiger partial charge in [0.1, 0.15) is 0 Å². The molecule has 1 rings (SSSR count). The lowest BCUT2D eigenvalue weighted by molar-refractivity contribution is -0.116. The summed E-state index contributed by atoms with van der Waals surface area (Å²) in [6.07, 6.45) is 1.40. The molecule has 4 nitrogen and oxygen atoms in total. The average molecular weight is 291 g/mol. The van der Waals surface area contributed by atoms with Gasteiger partial charge in [0.15, 0.2) is 0 Å². The number of nitrogens with one attached hydrogen (secondary N) is 1. The number of hydrogen-bond acceptors (Lipinski definition) is 3. The van der Waals surface area contributed by atoms with Crippen molar-refractivity contribution >= 4 is 11.6 Å². The molecule has 118 valence electrons. The molecular weight excluding hydrogens is 262 g/mol. The van der Waals surface area contributed by atoms with Crippen LogP contribution >= 0.6 is 0 Å². The van der Waals surface area contributed by atoms with Crippen LogP contribution in [0.1, 0.15) is 39.2 Å². The molecular formula is C17H29N3O. The Labute approximate surface area is 128 Å². The number of hydrogen-bond donors (Lipinski definition) is 2. The van der Waals surface area contributed by atoms with E-state index >= 15 is 0 Å². The van der Waals surface area contributed by atoms with Crippen molar-refractivity contribution in [2.45, 2.75) is 46.2 Å². The first-order chi connectivity index (χ1) is 9.95. The maximum absolute atomic E-state index is 12.0. The van der Waals surface area contributed by atoms with Crippen LogP contribution in [0.3, 0.4) is 0 Å². The maximum atomic E-state index is 12.0. The molecule has 1 aromatic carbocycles.